The number of benzene rings is 1. The van der Waals surface area contributed by atoms with E-state index < -0.39 is 0 Å². The van der Waals surface area contributed by atoms with Gasteiger partial charge in [0.2, 0.25) is 0 Å². The van der Waals surface area contributed by atoms with Gasteiger partial charge in [-0.2, -0.15) is 0 Å². The first kappa shape index (κ1) is 15.0. The third kappa shape index (κ3) is 2.84. The molecule has 23 heavy (non-hydrogen) atoms. The Balaban J connectivity index is 1.62. The smallest absolute Gasteiger partial charge is 0.127 e. The highest BCUT2D eigenvalue weighted by Crippen LogP contribution is 2.38. The quantitative estimate of drug-likeness (QED) is 0.934. The summed E-state index contributed by atoms with van der Waals surface area (Å²) in [5.41, 5.74) is 2.36. The number of nitrogens with one attached hydrogen (secondary N) is 1. The summed E-state index contributed by atoms with van der Waals surface area (Å²) < 4.78 is 11.4. The Labute approximate surface area is 140 Å². The number of aromatic amines is 1. The molecule has 1 aromatic heterocycles. The number of fused-ring (bicyclic) bond motifs is 1. The summed E-state index contributed by atoms with van der Waals surface area (Å²) in [7, 11) is 1.77. The second kappa shape index (κ2) is 6.15. The van der Waals surface area contributed by atoms with E-state index in [-0.39, 0.29) is 12.1 Å². The third-order valence-corrected chi connectivity index (χ3v) is 4.95. The molecule has 0 spiro atoms. The largest absolute Gasteiger partial charge is 0.493 e. The van der Waals surface area contributed by atoms with E-state index in [0.717, 1.165) is 54.7 Å². The van der Waals surface area contributed by atoms with Crippen LogP contribution in [0, 0.1) is 0 Å². The van der Waals surface area contributed by atoms with Gasteiger partial charge in [0.1, 0.15) is 11.6 Å². The van der Waals surface area contributed by atoms with Crippen LogP contribution >= 0.6 is 11.6 Å². The zero-order valence-electron chi connectivity index (χ0n) is 13.1. The van der Waals surface area contributed by atoms with Gasteiger partial charge < -0.3 is 14.5 Å². The van der Waals surface area contributed by atoms with Crippen LogP contribution in [0.4, 0.5) is 0 Å². The highest BCUT2D eigenvalue weighted by Gasteiger charge is 2.35. The highest BCUT2D eigenvalue weighted by molar-refractivity contribution is 6.30. The second-order valence-electron chi connectivity index (χ2n) is 6.16. The molecule has 1 unspecified atom stereocenters. The number of methoxy groups -OCH3 is 1. The van der Waals surface area contributed by atoms with Crippen LogP contribution in [0.25, 0.3) is 0 Å². The molecule has 1 N–H and O–H groups in total. The normalized spacial score (nSPS) is 23.9. The molecular weight excluding hydrogens is 314 g/mol. The zero-order chi connectivity index (χ0) is 15.8. The Morgan fingerprint density at radius 2 is 2.39 bits per heavy atom. The van der Waals surface area contributed by atoms with Crippen LogP contribution in [0.15, 0.2) is 24.5 Å². The van der Waals surface area contributed by atoms with E-state index in [1.165, 1.54) is 5.56 Å². The van der Waals surface area contributed by atoms with E-state index in [4.69, 9.17) is 21.1 Å². The first-order valence-corrected chi connectivity index (χ1v) is 8.32. The van der Waals surface area contributed by atoms with Gasteiger partial charge in [-0.3, -0.25) is 4.90 Å². The monoisotopic (exact) mass is 333 g/mol. The molecule has 122 valence electrons. The van der Waals surface area contributed by atoms with Crippen LogP contribution < -0.4 is 4.74 Å². The van der Waals surface area contributed by atoms with E-state index in [1.807, 2.05) is 18.3 Å². The fraction of sp³-hybridized carbons (Fsp3) is 0.471. The van der Waals surface area contributed by atoms with Crippen LogP contribution in [0.5, 0.6) is 5.75 Å². The molecule has 3 heterocycles. The minimum absolute atomic E-state index is 0.221. The number of halogens is 1. The summed E-state index contributed by atoms with van der Waals surface area (Å²) >= 11 is 6.29. The number of likely N-dealkylation sites (tertiary alicyclic amines) is 1. The van der Waals surface area contributed by atoms with Crippen molar-refractivity contribution in [3.63, 3.8) is 0 Å². The maximum atomic E-state index is 6.29. The first-order valence-electron chi connectivity index (χ1n) is 7.95. The van der Waals surface area contributed by atoms with Gasteiger partial charge in [0.15, 0.2) is 0 Å². The fourth-order valence-corrected chi connectivity index (χ4v) is 3.90. The minimum Gasteiger partial charge on any atom is -0.493 e. The lowest BCUT2D eigenvalue weighted by atomic mass is 10.1. The molecule has 0 aliphatic carbocycles. The Hall–Kier alpha value is -1.56. The van der Waals surface area contributed by atoms with Crippen molar-refractivity contribution in [1.29, 1.82) is 0 Å². The highest BCUT2D eigenvalue weighted by atomic mass is 35.5. The number of rotatable bonds is 4. The van der Waals surface area contributed by atoms with Gasteiger partial charge in [-0.15, -0.1) is 0 Å². The third-order valence-electron chi connectivity index (χ3n) is 4.73. The molecule has 0 saturated carbocycles. The summed E-state index contributed by atoms with van der Waals surface area (Å²) in [6, 6.07) is 4.26. The fourth-order valence-electron chi connectivity index (χ4n) is 3.63. The summed E-state index contributed by atoms with van der Waals surface area (Å²) in [6.07, 6.45) is 5.76. The van der Waals surface area contributed by atoms with Crippen molar-refractivity contribution in [3.8, 4) is 5.75 Å². The molecule has 1 aromatic carbocycles. The van der Waals surface area contributed by atoms with Crippen molar-refractivity contribution in [2.75, 3.05) is 20.3 Å². The van der Waals surface area contributed by atoms with Crippen LogP contribution in [0.3, 0.4) is 0 Å². The maximum Gasteiger partial charge on any atom is 0.127 e. The first-order chi connectivity index (χ1) is 11.2. The summed E-state index contributed by atoms with van der Waals surface area (Å²) in [5, 5.41) is 0.779. The number of hydrogen-bond donors (Lipinski definition) is 1. The van der Waals surface area contributed by atoms with E-state index >= 15 is 0 Å². The summed E-state index contributed by atoms with van der Waals surface area (Å²) in [6.45, 7) is 2.41. The summed E-state index contributed by atoms with van der Waals surface area (Å²) in [4.78, 5) is 10.1. The summed E-state index contributed by atoms with van der Waals surface area (Å²) in [5.74, 6) is 2.00. The van der Waals surface area contributed by atoms with Crippen molar-refractivity contribution in [2.24, 2.45) is 0 Å². The lowest BCUT2D eigenvalue weighted by Crippen LogP contribution is -2.25. The van der Waals surface area contributed by atoms with E-state index in [1.54, 1.807) is 13.3 Å². The molecule has 0 bridgehead atoms. The van der Waals surface area contributed by atoms with Gasteiger partial charge in [0.25, 0.3) is 0 Å². The SMILES string of the molecule is CO[C@@H]1CC(c2ncc[nH]2)N(Cc2cc(Cl)cc3c2OCC3)C1. The van der Waals surface area contributed by atoms with Crippen molar-refractivity contribution < 1.29 is 9.47 Å². The van der Waals surface area contributed by atoms with E-state index in [2.05, 4.69) is 14.9 Å². The van der Waals surface area contributed by atoms with E-state index in [9.17, 15) is 0 Å². The van der Waals surface area contributed by atoms with Gasteiger partial charge in [-0.25, -0.2) is 4.98 Å². The van der Waals surface area contributed by atoms with Crippen LogP contribution in [-0.2, 0) is 17.7 Å². The maximum absolute atomic E-state index is 6.29. The van der Waals surface area contributed by atoms with E-state index in [0.29, 0.717) is 0 Å². The average molecular weight is 334 g/mol. The molecule has 0 radical (unpaired) electrons. The van der Waals surface area contributed by atoms with Crippen LogP contribution in [0.2, 0.25) is 5.02 Å². The molecule has 6 heteroatoms. The molecular formula is C17H20ClN3O2. The molecule has 2 aromatic rings. The number of ether oxygens (including phenoxy) is 2. The predicted molar refractivity (Wildman–Crippen MR) is 87.8 cm³/mol. The number of aromatic nitrogens is 2. The Bertz CT molecular complexity index is 689. The van der Waals surface area contributed by atoms with Crippen molar-refractivity contribution in [1.82, 2.24) is 14.9 Å². The van der Waals surface area contributed by atoms with Crippen molar-refractivity contribution >= 4 is 11.6 Å². The van der Waals surface area contributed by atoms with Crippen molar-refractivity contribution in [3.05, 3.63) is 46.5 Å². The predicted octanol–water partition coefficient (Wildman–Crippen LogP) is 2.96. The number of imidazole rings is 1. The van der Waals surface area contributed by atoms with Crippen LogP contribution in [0.1, 0.15) is 29.4 Å². The van der Waals surface area contributed by atoms with Gasteiger partial charge in [0, 0.05) is 49.6 Å². The van der Waals surface area contributed by atoms with Gasteiger partial charge >= 0.3 is 0 Å². The molecule has 4 rings (SSSR count). The Morgan fingerprint density at radius 1 is 1.48 bits per heavy atom. The number of H-pyrrole nitrogens is 1. The molecule has 0 amide bonds. The van der Waals surface area contributed by atoms with Crippen LogP contribution in [-0.4, -0.2) is 41.2 Å². The lowest BCUT2D eigenvalue weighted by molar-refractivity contribution is 0.107. The molecule has 2 atom stereocenters. The zero-order valence-corrected chi connectivity index (χ0v) is 13.8. The average Bonchev–Trinajstić information content (AvgIpc) is 3.26. The van der Waals surface area contributed by atoms with Crippen molar-refractivity contribution in [2.45, 2.75) is 31.5 Å². The molecule has 2 aliphatic rings. The van der Waals surface area contributed by atoms with Gasteiger partial charge in [0.05, 0.1) is 18.8 Å². The van der Waals surface area contributed by atoms with Gasteiger partial charge in [-0.1, -0.05) is 11.6 Å². The van der Waals surface area contributed by atoms with Gasteiger partial charge in [-0.05, 0) is 24.1 Å². The molecule has 1 saturated heterocycles. The molecule has 2 aliphatic heterocycles. The molecule has 5 nitrogen and oxygen atoms in total. The Kier molecular flexibility index (Phi) is 4.01. The number of nitrogens with zero attached hydrogens (tertiary/aromatic N) is 2. The standard InChI is InChI=1S/C17H20ClN3O2/c1-22-14-8-15(17-19-3-4-20-17)21(10-14)9-12-7-13(18)6-11-2-5-23-16(11)12/h3-4,6-7,14-15H,2,5,8-10H2,1H3,(H,19,20)/t14-,15?/m1/s1. The lowest BCUT2D eigenvalue weighted by Gasteiger charge is -2.23. The molecule has 1 fully saturated rings. The second-order valence-corrected chi connectivity index (χ2v) is 6.60. The minimum atomic E-state index is 0.221. The Morgan fingerprint density at radius 3 is 3.17 bits per heavy atom. The number of hydrogen-bond acceptors (Lipinski definition) is 4. The topological polar surface area (TPSA) is 50.4 Å².